The predicted octanol–water partition coefficient (Wildman–Crippen LogP) is -1.05. The Balaban J connectivity index is 3.61. The van der Waals surface area contributed by atoms with Crippen molar-refractivity contribution in [2.24, 2.45) is 5.73 Å². The summed E-state index contributed by atoms with van der Waals surface area (Å²) in [5, 5.41) is 2.25. The Labute approximate surface area is 74.7 Å². The van der Waals surface area contributed by atoms with Crippen molar-refractivity contribution in [3.05, 3.63) is 11.8 Å². The Morgan fingerprint density at radius 1 is 1.46 bits per heavy atom. The van der Waals surface area contributed by atoms with Crippen LogP contribution in [0.15, 0.2) is 11.8 Å². The van der Waals surface area contributed by atoms with E-state index in [0.29, 0.717) is 12.6 Å². The number of nitrogens with one attached hydrogen (secondary N) is 1. The standard InChI is InChI=1S/C7H10N2O4/c8-7(12)9-2-4-13-6(5-11)1-3-10/h1,3,5H,2,4H2,(H3,8,9,12)/b6-1-. The number of nitrogens with two attached hydrogens (primary N) is 1. The molecule has 0 unspecified atom stereocenters. The lowest BCUT2D eigenvalue weighted by atomic mass is 10.5. The van der Waals surface area contributed by atoms with Crippen LogP contribution in [0.4, 0.5) is 4.79 Å². The van der Waals surface area contributed by atoms with Crippen molar-refractivity contribution >= 4 is 18.6 Å². The fourth-order valence-electron chi connectivity index (χ4n) is 0.532. The number of carbonyl (C=O) groups excluding carboxylic acids is 3. The average Bonchev–Trinajstić information content (AvgIpc) is 2.10. The Morgan fingerprint density at radius 2 is 2.15 bits per heavy atom. The minimum Gasteiger partial charge on any atom is -0.488 e. The molecule has 0 aromatic heterocycles. The highest BCUT2D eigenvalue weighted by atomic mass is 16.5. The van der Waals surface area contributed by atoms with Gasteiger partial charge in [0, 0.05) is 6.08 Å². The highest BCUT2D eigenvalue weighted by molar-refractivity contribution is 5.79. The topological polar surface area (TPSA) is 98.5 Å². The zero-order valence-corrected chi connectivity index (χ0v) is 6.86. The molecule has 0 aromatic rings. The Kier molecular flexibility index (Phi) is 5.86. The molecule has 0 heterocycles. The summed E-state index contributed by atoms with van der Waals surface area (Å²) < 4.78 is 4.77. The number of primary amides is 1. The molecule has 0 spiro atoms. The van der Waals surface area contributed by atoms with E-state index in [2.05, 4.69) is 5.32 Å². The number of amides is 2. The fourth-order valence-corrected chi connectivity index (χ4v) is 0.532. The summed E-state index contributed by atoms with van der Waals surface area (Å²) in [6, 6.07) is -0.671. The number of urea groups is 1. The molecule has 6 heteroatoms. The number of carbonyl (C=O) groups is 3. The largest absolute Gasteiger partial charge is 0.488 e. The van der Waals surface area contributed by atoms with E-state index in [-0.39, 0.29) is 18.9 Å². The summed E-state index contributed by atoms with van der Waals surface area (Å²) in [7, 11) is 0. The van der Waals surface area contributed by atoms with Gasteiger partial charge in [-0.15, -0.1) is 0 Å². The number of allylic oxidation sites excluding steroid dienone is 2. The monoisotopic (exact) mass is 186 g/mol. The van der Waals surface area contributed by atoms with Crippen LogP contribution >= 0.6 is 0 Å². The van der Waals surface area contributed by atoms with Gasteiger partial charge in [0.25, 0.3) is 0 Å². The minimum absolute atomic E-state index is 0.0822. The van der Waals surface area contributed by atoms with Crippen molar-refractivity contribution < 1.29 is 19.1 Å². The van der Waals surface area contributed by atoms with Crippen LogP contribution in [-0.2, 0) is 14.3 Å². The van der Waals surface area contributed by atoms with E-state index in [4.69, 9.17) is 10.5 Å². The maximum atomic E-state index is 10.2. The maximum absolute atomic E-state index is 10.2. The number of rotatable bonds is 6. The van der Waals surface area contributed by atoms with Gasteiger partial charge in [-0.05, 0) is 0 Å². The summed E-state index contributed by atoms with van der Waals surface area (Å²) in [6.07, 6.45) is 1.82. The molecular formula is C7H10N2O4. The Hall–Kier alpha value is -1.85. The maximum Gasteiger partial charge on any atom is 0.312 e. The van der Waals surface area contributed by atoms with Crippen molar-refractivity contribution in [1.82, 2.24) is 5.32 Å². The summed E-state index contributed by atoms with van der Waals surface area (Å²) in [5.41, 5.74) is 4.75. The van der Waals surface area contributed by atoms with E-state index in [1.54, 1.807) is 0 Å². The second-order valence-corrected chi connectivity index (χ2v) is 1.96. The second-order valence-electron chi connectivity index (χ2n) is 1.96. The van der Waals surface area contributed by atoms with Gasteiger partial charge in [-0.3, -0.25) is 9.59 Å². The first-order chi connectivity index (χ1) is 6.20. The molecule has 6 nitrogen and oxygen atoms in total. The highest BCUT2D eigenvalue weighted by Crippen LogP contribution is 1.89. The van der Waals surface area contributed by atoms with Crippen LogP contribution in [0.5, 0.6) is 0 Å². The molecule has 0 rings (SSSR count). The predicted molar refractivity (Wildman–Crippen MR) is 43.7 cm³/mol. The molecule has 2 amide bonds. The molecule has 0 aromatic carbocycles. The molecule has 0 saturated carbocycles. The van der Waals surface area contributed by atoms with Gasteiger partial charge in [0.1, 0.15) is 12.9 Å². The zero-order chi connectivity index (χ0) is 10.1. The van der Waals surface area contributed by atoms with Crippen LogP contribution in [0.3, 0.4) is 0 Å². The van der Waals surface area contributed by atoms with Gasteiger partial charge < -0.3 is 15.8 Å². The van der Waals surface area contributed by atoms with Crippen molar-refractivity contribution in [3.8, 4) is 0 Å². The third-order valence-electron chi connectivity index (χ3n) is 1.02. The molecule has 0 radical (unpaired) electrons. The molecular weight excluding hydrogens is 176 g/mol. The van der Waals surface area contributed by atoms with Gasteiger partial charge >= 0.3 is 6.03 Å². The van der Waals surface area contributed by atoms with E-state index in [1.165, 1.54) is 0 Å². The highest BCUT2D eigenvalue weighted by Gasteiger charge is 1.95. The molecule has 0 saturated heterocycles. The first kappa shape index (κ1) is 11.2. The van der Waals surface area contributed by atoms with Crippen molar-refractivity contribution in [2.45, 2.75) is 0 Å². The number of hydrogen-bond acceptors (Lipinski definition) is 4. The number of hydrogen-bond donors (Lipinski definition) is 2. The van der Waals surface area contributed by atoms with Crippen molar-refractivity contribution in [2.75, 3.05) is 13.2 Å². The molecule has 13 heavy (non-hydrogen) atoms. The second kappa shape index (κ2) is 6.84. The summed E-state index contributed by atoms with van der Waals surface area (Å²) >= 11 is 0. The van der Waals surface area contributed by atoms with Gasteiger partial charge in [0.05, 0.1) is 6.54 Å². The number of ether oxygens (including phenoxy) is 1. The van der Waals surface area contributed by atoms with Crippen molar-refractivity contribution in [3.63, 3.8) is 0 Å². The Bertz CT molecular complexity index is 225. The molecule has 0 aliphatic rings. The summed E-state index contributed by atoms with van der Waals surface area (Å²) in [4.78, 5) is 30.2. The minimum atomic E-state index is -0.671. The molecule has 0 bridgehead atoms. The van der Waals surface area contributed by atoms with Crippen LogP contribution in [0, 0.1) is 0 Å². The molecule has 0 aliphatic heterocycles. The fraction of sp³-hybridized carbons (Fsp3) is 0.286. The van der Waals surface area contributed by atoms with Gasteiger partial charge in [-0.1, -0.05) is 0 Å². The van der Waals surface area contributed by atoms with Crippen LogP contribution < -0.4 is 11.1 Å². The molecule has 0 fully saturated rings. The normalized spacial score (nSPS) is 10.3. The summed E-state index contributed by atoms with van der Waals surface area (Å²) in [6.45, 7) is 0.265. The average molecular weight is 186 g/mol. The van der Waals surface area contributed by atoms with Crippen LogP contribution in [0.1, 0.15) is 0 Å². The third-order valence-corrected chi connectivity index (χ3v) is 1.02. The number of aldehydes is 2. The molecule has 0 atom stereocenters. The van der Waals surface area contributed by atoms with E-state index >= 15 is 0 Å². The molecule has 72 valence electrons. The van der Waals surface area contributed by atoms with Crippen LogP contribution in [0.2, 0.25) is 0 Å². The quantitative estimate of drug-likeness (QED) is 0.239. The first-order valence-electron chi connectivity index (χ1n) is 3.47. The van der Waals surface area contributed by atoms with E-state index in [9.17, 15) is 14.4 Å². The van der Waals surface area contributed by atoms with Crippen LogP contribution in [-0.4, -0.2) is 31.8 Å². The smallest absolute Gasteiger partial charge is 0.312 e. The lowest BCUT2D eigenvalue weighted by Crippen LogP contribution is -2.32. The van der Waals surface area contributed by atoms with Gasteiger partial charge in [-0.25, -0.2) is 4.79 Å². The van der Waals surface area contributed by atoms with Gasteiger partial charge in [0.15, 0.2) is 12.0 Å². The van der Waals surface area contributed by atoms with Crippen LogP contribution in [0.25, 0.3) is 0 Å². The first-order valence-corrected chi connectivity index (χ1v) is 3.47. The SMILES string of the molecule is NC(=O)NCCO/C(C=O)=C\C=O. The molecule has 3 N–H and O–H groups in total. The van der Waals surface area contributed by atoms with Gasteiger partial charge in [0.2, 0.25) is 0 Å². The summed E-state index contributed by atoms with van der Waals surface area (Å²) in [5.74, 6) is -0.0822. The lowest BCUT2D eigenvalue weighted by Gasteiger charge is -2.03. The Morgan fingerprint density at radius 3 is 2.62 bits per heavy atom. The zero-order valence-electron chi connectivity index (χ0n) is 6.86. The van der Waals surface area contributed by atoms with Gasteiger partial charge in [-0.2, -0.15) is 0 Å². The lowest BCUT2D eigenvalue weighted by molar-refractivity contribution is -0.109. The van der Waals surface area contributed by atoms with E-state index in [0.717, 1.165) is 6.08 Å². The molecule has 0 aliphatic carbocycles. The third kappa shape index (κ3) is 6.54. The van der Waals surface area contributed by atoms with E-state index < -0.39 is 6.03 Å². The van der Waals surface area contributed by atoms with Crippen molar-refractivity contribution in [1.29, 1.82) is 0 Å². The van der Waals surface area contributed by atoms with E-state index in [1.807, 2.05) is 0 Å².